The molecular weight excluding hydrogens is 740 g/mol. The molecule has 0 saturated carbocycles. The second-order valence-electron chi connectivity index (χ2n) is 13.0. The van der Waals surface area contributed by atoms with Gasteiger partial charge in [-0.05, 0) is 137 Å². The highest BCUT2D eigenvalue weighted by Crippen LogP contribution is 2.43. The molecule has 0 saturated heterocycles. The Hall–Kier alpha value is -5.27. The lowest BCUT2D eigenvalue weighted by Gasteiger charge is -2.18. The zero-order valence-electron chi connectivity index (χ0n) is 31.3. The molecule has 1 aliphatic heterocycles. The quantitative estimate of drug-likeness (QED) is 0.125. The van der Waals surface area contributed by atoms with E-state index in [1.54, 1.807) is 51.5 Å². The number of ether oxygens (including phenoxy) is 4. The van der Waals surface area contributed by atoms with Crippen molar-refractivity contribution in [3.05, 3.63) is 177 Å². The molecule has 1 aromatic heterocycles. The van der Waals surface area contributed by atoms with Crippen molar-refractivity contribution in [3.8, 4) is 44.6 Å². The largest absolute Gasteiger partial charge is 0.497 e. The van der Waals surface area contributed by atoms with Crippen LogP contribution in [0.1, 0.15) is 35.3 Å². The summed E-state index contributed by atoms with van der Waals surface area (Å²) in [5, 5.41) is 0.831. The summed E-state index contributed by atoms with van der Waals surface area (Å²) in [7, 11) is 6.76. The first-order valence-corrected chi connectivity index (χ1v) is 20.1. The molecule has 0 radical (unpaired) electrons. The third-order valence-electron chi connectivity index (χ3n) is 9.57. The van der Waals surface area contributed by atoms with Crippen LogP contribution in [0.4, 0.5) is 0 Å². The van der Waals surface area contributed by atoms with Gasteiger partial charge in [-0.2, -0.15) is 0 Å². The molecule has 0 amide bonds. The van der Waals surface area contributed by atoms with Crippen LogP contribution in [0.15, 0.2) is 161 Å². The third-order valence-corrected chi connectivity index (χ3v) is 12.2. The van der Waals surface area contributed by atoms with Crippen molar-refractivity contribution in [2.45, 2.75) is 19.3 Å². The minimum Gasteiger partial charge on any atom is -0.497 e. The molecule has 0 atom stereocenters. The van der Waals surface area contributed by atoms with Gasteiger partial charge < -0.3 is 18.9 Å². The van der Waals surface area contributed by atoms with Gasteiger partial charge in [-0.1, -0.05) is 71.9 Å². The number of hydrogen-bond acceptors (Lipinski definition) is 5. The lowest BCUT2D eigenvalue weighted by atomic mass is 9.94. The summed E-state index contributed by atoms with van der Waals surface area (Å²) in [6.07, 6.45) is 16.2. The highest BCUT2D eigenvalue weighted by Gasteiger charge is 2.19. The first-order chi connectivity index (χ1) is 26.9. The second-order valence-corrected chi connectivity index (χ2v) is 15.6. The highest BCUT2D eigenvalue weighted by atomic mass is 35.5. The van der Waals surface area contributed by atoms with E-state index in [2.05, 4.69) is 97.1 Å². The number of thioether (sulfide) groups is 1. The lowest BCUT2D eigenvalue weighted by Crippen LogP contribution is -1.98. The number of rotatable bonds is 11. The van der Waals surface area contributed by atoms with Crippen LogP contribution in [0.25, 0.3) is 38.1 Å². The van der Waals surface area contributed by atoms with Crippen LogP contribution in [0.3, 0.4) is 0 Å². The maximum atomic E-state index is 7.20. The van der Waals surface area contributed by atoms with Crippen molar-refractivity contribution >= 4 is 51.3 Å². The normalized spacial score (nSPS) is 15.9. The number of hydrogen-bond donors (Lipinski definition) is 0. The van der Waals surface area contributed by atoms with Gasteiger partial charge in [0.15, 0.2) is 0 Å². The number of benzene rings is 4. The van der Waals surface area contributed by atoms with E-state index in [1.165, 1.54) is 9.78 Å². The fourth-order valence-corrected chi connectivity index (χ4v) is 8.82. The molecule has 276 valence electrons. The Balaban J connectivity index is 1.20. The van der Waals surface area contributed by atoms with E-state index in [0.29, 0.717) is 0 Å². The molecule has 0 spiro atoms. The average molecular weight is 782 g/mol. The molecule has 0 N–H and O–H groups in total. The fourth-order valence-electron chi connectivity index (χ4n) is 6.48. The second kappa shape index (κ2) is 17.9. The van der Waals surface area contributed by atoms with Crippen LogP contribution in [0.2, 0.25) is 0 Å². The van der Waals surface area contributed by atoms with Crippen molar-refractivity contribution in [3.63, 3.8) is 0 Å². The Kier molecular flexibility index (Phi) is 12.4. The molecule has 4 nitrogen and oxygen atoms in total. The van der Waals surface area contributed by atoms with Gasteiger partial charge >= 0.3 is 0 Å². The van der Waals surface area contributed by atoms with E-state index >= 15 is 0 Å². The molecule has 0 bridgehead atoms. The first-order valence-electron chi connectivity index (χ1n) is 18.1. The van der Waals surface area contributed by atoms with Gasteiger partial charge in [0.2, 0.25) is 21.1 Å². The molecule has 7 heteroatoms. The topological polar surface area (TPSA) is 36.9 Å². The molecule has 5 aromatic rings. The standard InChI is InChI=1S/C48H42ClO4S2/c1-50-40-18-8-32(9-19-40)38-28-44(54-46(30-38)34-12-22-42(52-3)23-13-34)26-16-36-6-5-7-37(48(36)49)17-27-45-29-39(33-10-20-41(51-2)21-11-33)31-47(55-45)35-14-24-43(53-4)25-15-35/h8-31H,5-7H2,1-4H3/q+1. The zero-order chi connectivity index (χ0) is 38.1. The average Bonchev–Trinajstić information content (AvgIpc) is 3.25. The van der Waals surface area contributed by atoms with E-state index < -0.39 is 0 Å². The van der Waals surface area contributed by atoms with E-state index in [0.717, 1.165) is 102 Å². The molecule has 0 fully saturated rings. The number of halogens is 1. The molecule has 4 aromatic carbocycles. The van der Waals surface area contributed by atoms with Crippen LogP contribution >= 0.6 is 34.7 Å². The fraction of sp³-hybridized carbons (Fsp3) is 0.146. The first kappa shape index (κ1) is 38.0. The minimum atomic E-state index is 0.831. The zero-order valence-corrected chi connectivity index (χ0v) is 33.7. The monoisotopic (exact) mass is 781 g/mol. The maximum absolute atomic E-state index is 7.20. The van der Waals surface area contributed by atoms with Gasteiger partial charge in [0.1, 0.15) is 23.0 Å². The summed E-state index contributed by atoms with van der Waals surface area (Å²) in [5.74, 6) is 3.34. The molecule has 0 unspecified atom stereocenters. The SMILES string of the molecule is COc1ccc(C2=C/C(=C\C=C3/CCCC(/C=C\c4cc(-c5ccc(OC)cc5)cc(-c5ccc(OC)cc5)[s+]4)=C3Cl)SC(c3ccc(OC)cc3)=C2)cc1. The Labute approximate surface area is 337 Å². The van der Waals surface area contributed by atoms with Gasteiger partial charge in [-0.25, -0.2) is 0 Å². The van der Waals surface area contributed by atoms with E-state index in [-0.39, 0.29) is 0 Å². The molecule has 1 aliphatic carbocycles. The summed E-state index contributed by atoms with van der Waals surface area (Å²) >= 11 is 10.7. The van der Waals surface area contributed by atoms with Crippen molar-refractivity contribution in [1.29, 1.82) is 0 Å². The van der Waals surface area contributed by atoms with Crippen molar-refractivity contribution in [2.24, 2.45) is 0 Å². The van der Waals surface area contributed by atoms with Crippen molar-refractivity contribution in [1.82, 2.24) is 0 Å². The Morgan fingerprint density at radius 2 is 1.11 bits per heavy atom. The van der Waals surface area contributed by atoms with E-state index in [9.17, 15) is 0 Å². The Morgan fingerprint density at radius 1 is 0.564 bits per heavy atom. The van der Waals surface area contributed by atoms with Gasteiger partial charge in [0.05, 0.1) is 28.4 Å². The van der Waals surface area contributed by atoms with Gasteiger partial charge in [0.25, 0.3) is 0 Å². The van der Waals surface area contributed by atoms with Crippen molar-refractivity contribution < 1.29 is 18.9 Å². The van der Waals surface area contributed by atoms with Gasteiger partial charge in [-0.3, -0.25) is 0 Å². The van der Waals surface area contributed by atoms with E-state index in [1.807, 2.05) is 48.5 Å². The van der Waals surface area contributed by atoms with Crippen molar-refractivity contribution in [2.75, 3.05) is 28.4 Å². The minimum absolute atomic E-state index is 0.831. The Morgan fingerprint density at radius 3 is 1.69 bits per heavy atom. The van der Waals surface area contributed by atoms with Crippen LogP contribution in [-0.2, 0) is 0 Å². The summed E-state index contributed by atoms with van der Waals surface area (Å²) < 4.78 is 21.7. The predicted molar refractivity (Wildman–Crippen MR) is 234 cm³/mol. The Bertz CT molecular complexity index is 2270. The maximum Gasteiger partial charge on any atom is 0.239 e. The van der Waals surface area contributed by atoms with E-state index in [4.69, 9.17) is 30.5 Å². The summed E-state index contributed by atoms with van der Waals surface area (Å²) in [6, 6.07) is 37.4. The van der Waals surface area contributed by atoms with Crippen LogP contribution < -0.4 is 18.9 Å². The molecular formula is C48H42ClO4S2+. The number of methoxy groups -OCH3 is 4. The molecule has 7 rings (SSSR count). The van der Waals surface area contributed by atoms with Gasteiger partial charge in [-0.15, -0.1) is 0 Å². The summed E-state index contributed by atoms with van der Waals surface area (Å²) in [4.78, 5) is 4.62. The molecule has 2 aliphatic rings. The third kappa shape index (κ3) is 9.34. The summed E-state index contributed by atoms with van der Waals surface area (Å²) in [6.45, 7) is 0. The van der Waals surface area contributed by atoms with Crippen LogP contribution in [0.5, 0.6) is 23.0 Å². The van der Waals surface area contributed by atoms with Gasteiger partial charge in [0, 0.05) is 38.6 Å². The molecule has 55 heavy (non-hydrogen) atoms. The smallest absolute Gasteiger partial charge is 0.239 e. The van der Waals surface area contributed by atoms with Crippen LogP contribution in [0, 0.1) is 0 Å². The highest BCUT2D eigenvalue weighted by molar-refractivity contribution is 8.12. The number of allylic oxidation sites excluding steroid dienone is 9. The van der Waals surface area contributed by atoms with Crippen LogP contribution in [-0.4, -0.2) is 28.4 Å². The summed E-state index contributed by atoms with van der Waals surface area (Å²) in [5.41, 5.74) is 9.10. The predicted octanol–water partition coefficient (Wildman–Crippen LogP) is 13.8. The lowest BCUT2D eigenvalue weighted by molar-refractivity contribution is 0.414. The molecule has 2 heterocycles.